The Hall–Kier alpha value is -1.43. The number of aliphatic hydroxyl groups is 1. The first-order valence-electron chi connectivity index (χ1n) is 3.89. The minimum absolute atomic E-state index is 0.0625. The van der Waals surface area contributed by atoms with Gasteiger partial charge in [-0.05, 0) is 12.2 Å². The molecule has 0 saturated heterocycles. The van der Waals surface area contributed by atoms with Crippen LogP contribution >= 0.6 is 0 Å². The molecule has 2 aliphatic heterocycles. The summed E-state index contributed by atoms with van der Waals surface area (Å²) < 4.78 is 37.2. The first kappa shape index (κ1) is 9.14. The SMILES string of the molecule is O[C@H]1NC(C(F)(F)F)=C2C=CC=CN21. The number of nitrogens with zero attached hydrogens (tertiary/aromatic N) is 1. The predicted octanol–water partition coefficient (Wildman–Crippen LogP) is 1.02. The number of alkyl halides is 3. The first-order chi connectivity index (χ1) is 6.50. The smallest absolute Gasteiger partial charge is 0.356 e. The summed E-state index contributed by atoms with van der Waals surface area (Å²) in [6.07, 6.45) is -0.105. The second-order valence-corrected chi connectivity index (χ2v) is 2.88. The maximum absolute atomic E-state index is 12.4. The van der Waals surface area contributed by atoms with E-state index in [0.29, 0.717) is 0 Å². The van der Waals surface area contributed by atoms with Gasteiger partial charge in [0.25, 0.3) is 0 Å². The fourth-order valence-electron chi connectivity index (χ4n) is 1.38. The Kier molecular flexibility index (Phi) is 1.81. The number of fused-ring (bicyclic) bond motifs is 1. The molecule has 0 unspecified atom stereocenters. The third kappa shape index (κ3) is 1.27. The fourth-order valence-corrected chi connectivity index (χ4v) is 1.38. The van der Waals surface area contributed by atoms with Crippen molar-refractivity contribution in [2.45, 2.75) is 12.5 Å². The van der Waals surface area contributed by atoms with Crippen molar-refractivity contribution < 1.29 is 18.3 Å². The van der Waals surface area contributed by atoms with Crippen LogP contribution < -0.4 is 5.32 Å². The molecule has 2 N–H and O–H groups in total. The van der Waals surface area contributed by atoms with Crippen molar-refractivity contribution in [1.82, 2.24) is 10.2 Å². The lowest BCUT2D eigenvalue weighted by Gasteiger charge is -2.20. The van der Waals surface area contributed by atoms with E-state index in [2.05, 4.69) is 0 Å². The molecule has 0 saturated carbocycles. The highest BCUT2D eigenvalue weighted by Gasteiger charge is 2.43. The number of aliphatic hydroxyl groups excluding tert-OH is 1. The maximum atomic E-state index is 12.4. The molecule has 2 aliphatic rings. The molecule has 0 radical (unpaired) electrons. The molecule has 0 aliphatic carbocycles. The highest BCUT2D eigenvalue weighted by molar-refractivity contribution is 5.37. The zero-order valence-corrected chi connectivity index (χ0v) is 6.92. The van der Waals surface area contributed by atoms with Gasteiger partial charge in [0.2, 0.25) is 6.35 Å². The summed E-state index contributed by atoms with van der Waals surface area (Å²) in [7, 11) is 0. The van der Waals surface area contributed by atoms with E-state index in [4.69, 9.17) is 0 Å². The van der Waals surface area contributed by atoms with Gasteiger partial charge in [-0.2, -0.15) is 13.2 Å². The van der Waals surface area contributed by atoms with Crippen LogP contribution in [0.15, 0.2) is 35.8 Å². The molecular weight excluding hydrogens is 197 g/mol. The van der Waals surface area contributed by atoms with Crippen LogP contribution in [0.1, 0.15) is 0 Å². The molecule has 2 rings (SSSR count). The summed E-state index contributed by atoms with van der Waals surface area (Å²) in [5.41, 5.74) is -0.974. The zero-order chi connectivity index (χ0) is 10.3. The van der Waals surface area contributed by atoms with Gasteiger partial charge < -0.3 is 15.3 Å². The highest BCUT2D eigenvalue weighted by atomic mass is 19.4. The van der Waals surface area contributed by atoms with E-state index in [9.17, 15) is 18.3 Å². The summed E-state index contributed by atoms with van der Waals surface area (Å²) in [4.78, 5) is 1.11. The van der Waals surface area contributed by atoms with Crippen LogP contribution in [0.25, 0.3) is 0 Å². The predicted molar refractivity (Wildman–Crippen MR) is 42.3 cm³/mol. The Morgan fingerprint density at radius 2 is 2.07 bits per heavy atom. The molecule has 6 heteroatoms. The van der Waals surface area contributed by atoms with Crippen molar-refractivity contribution in [3.05, 3.63) is 35.8 Å². The standard InChI is InChI=1S/C8H7F3N2O/c9-8(10,11)6-5-3-1-2-4-13(5)7(14)12-6/h1-4,7,12,14H/t7-/m0/s1. The Bertz CT molecular complexity index is 343. The van der Waals surface area contributed by atoms with Crippen LogP contribution in [0, 0.1) is 0 Å². The largest absolute Gasteiger partial charge is 0.433 e. The van der Waals surface area contributed by atoms with Gasteiger partial charge in [0.15, 0.2) is 0 Å². The van der Waals surface area contributed by atoms with Gasteiger partial charge in [0, 0.05) is 6.20 Å². The van der Waals surface area contributed by atoms with E-state index >= 15 is 0 Å². The molecule has 0 amide bonds. The van der Waals surface area contributed by atoms with Crippen molar-refractivity contribution in [3.63, 3.8) is 0 Å². The molecule has 0 spiro atoms. The van der Waals surface area contributed by atoms with E-state index in [1.807, 2.05) is 5.32 Å². The Morgan fingerprint density at radius 1 is 1.36 bits per heavy atom. The Morgan fingerprint density at radius 3 is 2.71 bits per heavy atom. The second kappa shape index (κ2) is 2.78. The number of allylic oxidation sites excluding steroid dienone is 4. The van der Waals surface area contributed by atoms with Gasteiger partial charge in [-0.1, -0.05) is 6.08 Å². The van der Waals surface area contributed by atoms with Gasteiger partial charge in [0.05, 0.1) is 5.70 Å². The maximum Gasteiger partial charge on any atom is 0.433 e. The lowest BCUT2D eigenvalue weighted by Crippen LogP contribution is -2.35. The molecule has 3 nitrogen and oxygen atoms in total. The molecule has 14 heavy (non-hydrogen) atoms. The number of rotatable bonds is 0. The first-order valence-corrected chi connectivity index (χ1v) is 3.89. The molecule has 76 valence electrons. The summed E-state index contributed by atoms with van der Waals surface area (Å²) >= 11 is 0. The molecule has 0 bridgehead atoms. The third-order valence-electron chi connectivity index (χ3n) is 1.97. The van der Waals surface area contributed by atoms with Crippen LogP contribution in [0.3, 0.4) is 0 Å². The summed E-state index contributed by atoms with van der Waals surface area (Å²) in [6, 6.07) is 0. The van der Waals surface area contributed by atoms with E-state index in [0.717, 1.165) is 4.90 Å². The van der Waals surface area contributed by atoms with Gasteiger partial charge in [0.1, 0.15) is 5.70 Å². The van der Waals surface area contributed by atoms with Crippen molar-refractivity contribution in [1.29, 1.82) is 0 Å². The molecular formula is C8H7F3N2O. The minimum Gasteiger partial charge on any atom is -0.356 e. The number of halogens is 3. The summed E-state index contributed by atoms with van der Waals surface area (Å²) in [6.45, 7) is 0. The van der Waals surface area contributed by atoms with Gasteiger partial charge in [-0.15, -0.1) is 0 Å². The van der Waals surface area contributed by atoms with Gasteiger partial charge in [-0.3, -0.25) is 0 Å². The fraction of sp³-hybridized carbons (Fsp3) is 0.250. The van der Waals surface area contributed by atoms with Crippen molar-refractivity contribution >= 4 is 0 Å². The van der Waals surface area contributed by atoms with Gasteiger partial charge >= 0.3 is 6.18 Å². The van der Waals surface area contributed by atoms with Crippen LogP contribution in [0.4, 0.5) is 13.2 Å². The van der Waals surface area contributed by atoms with Crippen molar-refractivity contribution in [2.24, 2.45) is 0 Å². The number of nitrogens with one attached hydrogen (secondary N) is 1. The lowest BCUT2D eigenvalue weighted by molar-refractivity contribution is -0.0996. The number of hydrogen-bond acceptors (Lipinski definition) is 3. The van der Waals surface area contributed by atoms with Crippen LogP contribution in [0.2, 0.25) is 0 Å². The molecule has 2 heterocycles. The lowest BCUT2D eigenvalue weighted by atomic mass is 10.2. The molecule has 0 fully saturated rings. The monoisotopic (exact) mass is 204 g/mol. The molecule has 0 aromatic rings. The normalized spacial score (nSPS) is 25.4. The van der Waals surface area contributed by atoms with Crippen LogP contribution in [-0.2, 0) is 0 Å². The topological polar surface area (TPSA) is 35.5 Å². The third-order valence-corrected chi connectivity index (χ3v) is 1.97. The summed E-state index contributed by atoms with van der Waals surface area (Å²) in [5.74, 6) is 0. The molecule has 1 atom stereocenters. The molecule has 0 aromatic heterocycles. The van der Waals surface area contributed by atoms with Gasteiger partial charge in [-0.25, -0.2) is 0 Å². The van der Waals surface area contributed by atoms with Crippen LogP contribution in [0.5, 0.6) is 0 Å². The Labute approximate surface area is 77.8 Å². The molecule has 0 aromatic carbocycles. The average Bonchev–Trinajstić information content (AvgIpc) is 2.44. The van der Waals surface area contributed by atoms with E-state index in [1.54, 1.807) is 6.08 Å². The summed E-state index contributed by atoms with van der Waals surface area (Å²) in [5, 5.41) is 11.2. The van der Waals surface area contributed by atoms with E-state index < -0.39 is 18.2 Å². The minimum atomic E-state index is -4.47. The van der Waals surface area contributed by atoms with E-state index in [-0.39, 0.29) is 5.70 Å². The highest BCUT2D eigenvalue weighted by Crippen LogP contribution is 2.34. The van der Waals surface area contributed by atoms with E-state index in [1.165, 1.54) is 18.4 Å². The average molecular weight is 204 g/mol. The zero-order valence-electron chi connectivity index (χ0n) is 6.92. The van der Waals surface area contributed by atoms with Crippen LogP contribution in [-0.4, -0.2) is 22.5 Å². The van der Waals surface area contributed by atoms with Crippen molar-refractivity contribution in [2.75, 3.05) is 0 Å². The second-order valence-electron chi connectivity index (χ2n) is 2.88. The van der Waals surface area contributed by atoms with Crippen molar-refractivity contribution in [3.8, 4) is 0 Å². The number of hydrogen-bond donors (Lipinski definition) is 2. The Balaban J connectivity index is 2.42. The quantitative estimate of drug-likeness (QED) is 0.618.